The minimum atomic E-state index is 0.0819. The van der Waals surface area contributed by atoms with Crippen LogP contribution in [-0.4, -0.2) is 12.1 Å². The monoisotopic (exact) mass is 180 g/mol. The lowest BCUT2D eigenvalue weighted by atomic mass is 10.0. The van der Waals surface area contributed by atoms with Gasteiger partial charge in [0.1, 0.15) is 0 Å². The molecule has 0 fully saturated rings. The molecule has 0 saturated carbocycles. The lowest BCUT2D eigenvalue weighted by Gasteiger charge is -2.12. The number of aryl methyl sites for hydroxylation is 1. The summed E-state index contributed by atoms with van der Waals surface area (Å²) in [5.74, 6) is 0.643. The normalized spacial score (nSPS) is 12.6. The molecule has 0 radical (unpaired) electrons. The molecule has 0 saturated heterocycles. The Kier molecular flexibility index (Phi) is 3.25. The highest BCUT2D eigenvalue weighted by atomic mass is 16.5. The number of pyridine rings is 1. The van der Waals surface area contributed by atoms with Crippen LogP contribution >= 0.6 is 0 Å². The van der Waals surface area contributed by atoms with Crippen molar-refractivity contribution in [2.75, 3.05) is 7.11 Å². The van der Waals surface area contributed by atoms with Gasteiger partial charge in [-0.3, -0.25) is 0 Å². The maximum atomic E-state index is 5.91. The fraction of sp³-hybridized carbons (Fsp3) is 0.500. The molecule has 0 aromatic carbocycles. The molecule has 72 valence electrons. The molecule has 0 amide bonds. The van der Waals surface area contributed by atoms with Crippen LogP contribution < -0.4 is 10.5 Å². The van der Waals surface area contributed by atoms with E-state index in [1.54, 1.807) is 13.3 Å². The van der Waals surface area contributed by atoms with Crippen LogP contribution in [0.5, 0.6) is 5.88 Å². The van der Waals surface area contributed by atoms with Crippen LogP contribution in [0.4, 0.5) is 0 Å². The van der Waals surface area contributed by atoms with Crippen molar-refractivity contribution in [3.8, 4) is 5.88 Å². The maximum absolute atomic E-state index is 5.91. The van der Waals surface area contributed by atoms with Gasteiger partial charge in [0.15, 0.2) is 0 Å². The zero-order chi connectivity index (χ0) is 9.84. The van der Waals surface area contributed by atoms with E-state index in [0.29, 0.717) is 5.88 Å². The van der Waals surface area contributed by atoms with E-state index in [0.717, 1.165) is 17.5 Å². The minimum Gasteiger partial charge on any atom is -0.481 e. The van der Waals surface area contributed by atoms with E-state index in [1.165, 1.54) is 0 Å². The van der Waals surface area contributed by atoms with Crippen LogP contribution in [0.15, 0.2) is 12.3 Å². The Hall–Kier alpha value is -1.09. The molecule has 0 spiro atoms. The van der Waals surface area contributed by atoms with Gasteiger partial charge in [0.2, 0.25) is 5.88 Å². The van der Waals surface area contributed by atoms with Crippen LogP contribution in [-0.2, 0) is 0 Å². The maximum Gasteiger partial charge on any atom is 0.213 e. The minimum absolute atomic E-state index is 0.0819. The zero-order valence-corrected chi connectivity index (χ0v) is 8.37. The first-order valence-electron chi connectivity index (χ1n) is 4.45. The fourth-order valence-electron chi connectivity index (χ4n) is 1.26. The van der Waals surface area contributed by atoms with E-state index in [4.69, 9.17) is 10.5 Å². The number of rotatable bonds is 3. The van der Waals surface area contributed by atoms with Gasteiger partial charge < -0.3 is 10.5 Å². The van der Waals surface area contributed by atoms with Crippen LogP contribution in [0, 0.1) is 6.92 Å². The summed E-state index contributed by atoms with van der Waals surface area (Å²) < 4.78 is 5.01. The van der Waals surface area contributed by atoms with E-state index in [-0.39, 0.29) is 6.04 Å². The molecule has 0 bridgehead atoms. The summed E-state index contributed by atoms with van der Waals surface area (Å²) in [6.45, 7) is 4.09. The summed E-state index contributed by atoms with van der Waals surface area (Å²) in [6.07, 6.45) is 2.72. The third-order valence-electron chi connectivity index (χ3n) is 2.17. The van der Waals surface area contributed by atoms with Crippen LogP contribution in [0.3, 0.4) is 0 Å². The Morgan fingerprint density at radius 1 is 1.62 bits per heavy atom. The van der Waals surface area contributed by atoms with Crippen molar-refractivity contribution in [3.63, 3.8) is 0 Å². The number of ether oxygens (including phenoxy) is 1. The molecular weight excluding hydrogens is 164 g/mol. The number of hydrogen-bond donors (Lipinski definition) is 1. The highest BCUT2D eigenvalue weighted by molar-refractivity contribution is 5.30. The fourth-order valence-corrected chi connectivity index (χ4v) is 1.26. The second kappa shape index (κ2) is 4.23. The average molecular weight is 180 g/mol. The second-order valence-corrected chi connectivity index (χ2v) is 3.10. The third kappa shape index (κ3) is 2.18. The van der Waals surface area contributed by atoms with E-state index in [9.17, 15) is 0 Å². The van der Waals surface area contributed by atoms with Crippen molar-refractivity contribution in [3.05, 3.63) is 23.4 Å². The topological polar surface area (TPSA) is 48.1 Å². The van der Waals surface area contributed by atoms with Crippen LogP contribution in [0.1, 0.15) is 30.5 Å². The summed E-state index contributed by atoms with van der Waals surface area (Å²) in [6, 6.07) is 1.99. The third-order valence-corrected chi connectivity index (χ3v) is 2.17. The number of nitrogens with zero attached hydrogens (tertiary/aromatic N) is 1. The van der Waals surface area contributed by atoms with Crippen molar-refractivity contribution in [1.82, 2.24) is 4.98 Å². The number of nitrogens with two attached hydrogens (primary N) is 1. The van der Waals surface area contributed by atoms with Gasteiger partial charge in [-0.15, -0.1) is 0 Å². The Morgan fingerprint density at radius 2 is 2.31 bits per heavy atom. The van der Waals surface area contributed by atoms with Crippen LogP contribution in [0.25, 0.3) is 0 Å². The van der Waals surface area contributed by atoms with Gasteiger partial charge in [0.05, 0.1) is 7.11 Å². The Bertz CT molecular complexity index is 286. The largest absolute Gasteiger partial charge is 0.481 e. The first-order valence-corrected chi connectivity index (χ1v) is 4.45. The first-order chi connectivity index (χ1) is 6.19. The van der Waals surface area contributed by atoms with Crippen molar-refractivity contribution in [2.24, 2.45) is 5.73 Å². The van der Waals surface area contributed by atoms with Gasteiger partial charge in [0, 0.05) is 18.3 Å². The van der Waals surface area contributed by atoms with E-state index >= 15 is 0 Å². The molecule has 1 atom stereocenters. The van der Waals surface area contributed by atoms with Gasteiger partial charge in [-0.2, -0.15) is 0 Å². The standard InChI is InChI=1S/C10H16N2O/c1-4-9(11)8-6-12-10(13-3)5-7(8)2/h5-6,9H,4,11H2,1-3H3. The van der Waals surface area contributed by atoms with Crippen molar-refractivity contribution in [2.45, 2.75) is 26.3 Å². The molecule has 3 heteroatoms. The number of methoxy groups -OCH3 is 1. The summed E-state index contributed by atoms with van der Waals surface area (Å²) in [4.78, 5) is 4.12. The quantitative estimate of drug-likeness (QED) is 0.771. The summed E-state index contributed by atoms with van der Waals surface area (Å²) in [5.41, 5.74) is 8.15. The predicted molar refractivity (Wildman–Crippen MR) is 52.7 cm³/mol. The molecule has 1 unspecified atom stereocenters. The SMILES string of the molecule is CCC(N)c1cnc(OC)cc1C. The highest BCUT2D eigenvalue weighted by Gasteiger charge is 2.07. The molecule has 1 aromatic rings. The lowest BCUT2D eigenvalue weighted by molar-refractivity contribution is 0.397. The molecule has 1 aromatic heterocycles. The second-order valence-electron chi connectivity index (χ2n) is 3.10. The van der Waals surface area contributed by atoms with Gasteiger partial charge in [-0.1, -0.05) is 6.92 Å². The smallest absolute Gasteiger partial charge is 0.213 e. The summed E-state index contributed by atoms with van der Waals surface area (Å²) >= 11 is 0. The molecule has 0 aliphatic rings. The molecule has 1 rings (SSSR count). The number of aromatic nitrogens is 1. The van der Waals surface area contributed by atoms with E-state index in [1.807, 2.05) is 13.0 Å². The molecule has 1 heterocycles. The molecule has 0 aliphatic carbocycles. The molecular formula is C10H16N2O. The van der Waals surface area contributed by atoms with Gasteiger partial charge >= 0.3 is 0 Å². The summed E-state index contributed by atoms with van der Waals surface area (Å²) in [5, 5.41) is 0. The number of hydrogen-bond acceptors (Lipinski definition) is 3. The molecule has 0 aliphatic heterocycles. The van der Waals surface area contributed by atoms with Crippen molar-refractivity contribution >= 4 is 0 Å². The lowest BCUT2D eigenvalue weighted by Crippen LogP contribution is -2.10. The first kappa shape index (κ1) is 9.99. The predicted octanol–water partition coefficient (Wildman–Crippen LogP) is 1.81. The zero-order valence-electron chi connectivity index (χ0n) is 8.37. The Balaban J connectivity index is 2.98. The highest BCUT2D eigenvalue weighted by Crippen LogP contribution is 2.20. The molecule has 3 nitrogen and oxygen atoms in total. The van der Waals surface area contributed by atoms with Gasteiger partial charge in [-0.25, -0.2) is 4.98 Å². The Morgan fingerprint density at radius 3 is 2.77 bits per heavy atom. The molecule has 2 N–H and O–H groups in total. The van der Waals surface area contributed by atoms with Gasteiger partial charge in [0.25, 0.3) is 0 Å². The van der Waals surface area contributed by atoms with Gasteiger partial charge in [-0.05, 0) is 24.5 Å². The van der Waals surface area contributed by atoms with Crippen molar-refractivity contribution in [1.29, 1.82) is 0 Å². The average Bonchev–Trinajstić information content (AvgIpc) is 2.16. The van der Waals surface area contributed by atoms with E-state index in [2.05, 4.69) is 11.9 Å². The van der Waals surface area contributed by atoms with Crippen LogP contribution in [0.2, 0.25) is 0 Å². The summed E-state index contributed by atoms with van der Waals surface area (Å²) in [7, 11) is 1.61. The van der Waals surface area contributed by atoms with Crippen molar-refractivity contribution < 1.29 is 4.74 Å². The Labute approximate surface area is 78.9 Å². The molecule has 13 heavy (non-hydrogen) atoms. The van der Waals surface area contributed by atoms with E-state index < -0.39 is 0 Å².